The van der Waals surface area contributed by atoms with E-state index in [9.17, 15) is 109 Å². The van der Waals surface area contributed by atoms with Crippen molar-refractivity contribution in [2.45, 2.75) is 42.2 Å². The molecular formula is C47H36N6O25S8. The van der Waals surface area contributed by atoms with Gasteiger partial charge in [0.2, 0.25) is 0 Å². The molecular weight excluding hydrogens is 1310 g/mol. The average Bonchev–Trinajstić information content (AvgIpc) is 0.757. The summed E-state index contributed by atoms with van der Waals surface area (Å²) in [4.78, 5) is 39.0. The number of anilines is 4. The maximum atomic E-state index is 13.7. The van der Waals surface area contributed by atoms with Gasteiger partial charge in [0, 0.05) is 68.3 Å². The number of allylic oxidation sites excluding steroid dienone is 6. The van der Waals surface area contributed by atoms with Gasteiger partial charge in [-0.2, -0.15) is 50.5 Å². The molecule has 6 aromatic carbocycles. The van der Waals surface area contributed by atoms with Crippen molar-refractivity contribution >= 4 is 154 Å². The molecule has 39 heteroatoms. The molecule has 0 spiro atoms. The van der Waals surface area contributed by atoms with E-state index >= 15 is 0 Å². The van der Waals surface area contributed by atoms with Crippen molar-refractivity contribution in [2.75, 3.05) is 20.1 Å². The largest absolute Gasteiger partial charge is 0.323 e. The molecule has 0 fully saturated rings. The molecule has 0 aliphatic heterocycles. The van der Waals surface area contributed by atoms with Crippen molar-refractivity contribution in [2.24, 2.45) is 9.98 Å². The molecule has 86 heavy (non-hydrogen) atoms. The Bertz CT molecular complexity index is 4870. The minimum Gasteiger partial charge on any atom is -0.308 e. The number of fused-ring (bicyclic) bond motifs is 2. The van der Waals surface area contributed by atoms with Gasteiger partial charge in [0.25, 0.3) is 92.6 Å². The lowest BCUT2D eigenvalue weighted by Gasteiger charge is -2.17. The van der Waals surface area contributed by atoms with E-state index in [1.165, 1.54) is 60.7 Å². The van der Waals surface area contributed by atoms with Crippen molar-refractivity contribution in [1.82, 2.24) is 0 Å². The first-order chi connectivity index (χ1) is 39.6. The molecule has 0 saturated carbocycles. The number of hydrogen-bond donors (Lipinski definition) is 10. The fourth-order valence-corrected chi connectivity index (χ4v) is 14.7. The van der Waals surface area contributed by atoms with Gasteiger partial charge in [-0.1, -0.05) is 24.3 Å². The Morgan fingerprint density at radius 3 is 1.08 bits per heavy atom. The molecule has 2 aliphatic carbocycles. The first kappa shape index (κ1) is 63.7. The standard InChI is InChI=1S/C47H36N6O25S8/c54-45(48-29-9-3-11-31(19-29)79(57,58)52-37-13-15-39(83(67,68)69)35-21-33(81(61,62)63)23-41(43(35)37)85(73,74)75)25-5-1-7-27(17-25)50-47(56)51-28-8-2-6-26(18-28)46(55)49-30-10-4-12-32(20-30)80(59,60)53-38-14-16-40(84(70,71)72)36-22-34(82(64,65)66)24-42(44(36)38)86(76,77)78/h1-8,11-24,52-53H,9-10H2,(H2,50,51,56)(H,61,62,63)(H,64,65,66)(H,67,68,69)(H,70,71,72)(H,73,74,75)(H,76,77,78). The van der Waals surface area contributed by atoms with Crippen LogP contribution in [0.15, 0.2) is 183 Å². The number of aliphatic imine (C=N–C) groups is 2. The lowest BCUT2D eigenvalue weighted by Crippen LogP contribution is -2.20. The zero-order chi connectivity index (χ0) is 63.5. The molecule has 31 nitrogen and oxygen atoms in total. The molecule has 0 aromatic heterocycles. The summed E-state index contributed by atoms with van der Waals surface area (Å²) in [7, 11) is -42.2. The third kappa shape index (κ3) is 14.3. The molecule has 0 saturated heterocycles. The number of nitrogens with zero attached hydrogens (tertiary/aromatic N) is 2. The number of sulfonamides is 2. The van der Waals surface area contributed by atoms with Crippen LogP contribution in [0.5, 0.6) is 0 Å². The maximum Gasteiger partial charge on any atom is 0.323 e. The predicted octanol–water partition coefficient (Wildman–Crippen LogP) is 4.85. The highest BCUT2D eigenvalue weighted by molar-refractivity contribution is 7.97. The third-order valence-corrected chi connectivity index (χ3v) is 19.9. The minimum atomic E-state index is -5.55. The highest BCUT2D eigenvalue weighted by Gasteiger charge is 2.32. The van der Waals surface area contributed by atoms with Gasteiger partial charge in [0.15, 0.2) is 0 Å². The molecule has 0 radical (unpaired) electrons. The lowest BCUT2D eigenvalue weighted by molar-refractivity contribution is 0.0994. The molecule has 0 heterocycles. The molecule has 8 rings (SSSR count). The van der Waals surface area contributed by atoms with Gasteiger partial charge in [-0.05, 0) is 109 Å². The molecule has 6 aromatic rings. The number of amides is 4. The Hall–Kier alpha value is -8.29. The SMILES string of the molecule is O=C(Nc1cccc(C(=O)N=C2C=C(S(=O)(=O)Nc3ccc(S(=O)(=O)O)c4cc(S(=O)(=O)O)cc(S(=O)(=O)O)c34)C=CC2)c1)Nc1cccc(C(=O)N=C2C=C(S(=O)(=O)Nc3ccc(S(=O)(=O)O)c4cc(S(=O)(=O)O)cc(S(=O)(=O)O)c34)C=CC2)c1. The Kier molecular flexibility index (Phi) is 16.9. The van der Waals surface area contributed by atoms with Crippen molar-refractivity contribution in [3.63, 3.8) is 0 Å². The predicted molar refractivity (Wildman–Crippen MR) is 305 cm³/mol. The fraction of sp³-hybridized carbons (Fsp3) is 0.0426. The smallest absolute Gasteiger partial charge is 0.308 e. The van der Waals surface area contributed by atoms with Crippen LogP contribution >= 0.6 is 0 Å². The summed E-state index contributed by atoms with van der Waals surface area (Å²) >= 11 is 0. The zero-order valence-corrected chi connectivity index (χ0v) is 48.7. The monoisotopic (exact) mass is 1340 g/mol. The highest BCUT2D eigenvalue weighted by Crippen LogP contribution is 2.40. The van der Waals surface area contributed by atoms with Crippen molar-refractivity contribution in [3.8, 4) is 0 Å². The van der Waals surface area contributed by atoms with Crippen LogP contribution in [0, 0.1) is 0 Å². The Morgan fingerprint density at radius 1 is 0.407 bits per heavy atom. The van der Waals surface area contributed by atoms with E-state index in [2.05, 4.69) is 20.6 Å². The second-order valence-electron chi connectivity index (χ2n) is 17.8. The van der Waals surface area contributed by atoms with E-state index in [0.717, 1.165) is 24.3 Å². The maximum absolute atomic E-state index is 13.7. The van der Waals surface area contributed by atoms with Crippen molar-refractivity contribution < 1.29 is 109 Å². The topological polar surface area (TPSA) is 519 Å². The normalized spacial score (nSPS) is 15.5. The van der Waals surface area contributed by atoms with Gasteiger partial charge in [-0.25, -0.2) is 31.6 Å². The van der Waals surface area contributed by atoms with Gasteiger partial charge in [-0.15, -0.1) is 0 Å². The van der Waals surface area contributed by atoms with Gasteiger partial charge in [0.1, 0.15) is 19.6 Å². The first-order valence-corrected chi connectivity index (χ1v) is 34.6. The number of carbonyl (C=O) groups excluding carboxylic acids is 3. The Balaban J connectivity index is 0.968. The van der Waals surface area contributed by atoms with Gasteiger partial charge in [-0.3, -0.25) is 46.3 Å². The van der Waals surface area contributed by atoms with Crippen LogP contribution in [0.1, 0.15) is 33.6 Å². The number of carbonyl (C=O) groups is 3. The third-order valence-electron chi connectivity index (χ3n) is 11.9. The average molecular weight is 1340 g/mol. The van der Waals surface area contributed by atoms with E-state index < -0.39 is 171 Å². The highest BCUT2D eigenvalue weighted by atomic mass is 32.2. The van der Waals surface area contributed by atoms with Crippen molar-refractivity contribution in [1.29, 1.82) is 0 Å². The summed E-state index contributed by atoms with van der Waals surface area (Å²) in [6.07, 6.45) is 6.16. The van der Waals surface area contributed by atoms with Crippen LogP contribution in [0.25, 0.3) is 21.5 Å². The molecule has 0 bridgehead atoms. The van der Waals surface area contributed by atoms with Crippen LogP contribution in [0.2, 0.25) is 0 Å². The molecule has 452 valence electrons. The minimum absolute atomic E-state index is 0.00444. The molecule has 0 atom stereocenters. The number of rotatable bonds is 16. The first-order valence-electron chi connectivity index (χ1n) is 23.0. The molecule has 10 N–H and O–H groups in total. The van der Waals surface area contributed by atoms with E-state index in [1.807, 2.05) is 9.44 Å². The number of urea groups is 1. The summed E-state index contributed by atoms with van der Waals surface area (Å²) in [6.45, 7) is 0. The number of hydrogen-bond acceptors (Lipinski definition) is 19. The summed E-state index contributed by atoms with van der Waals surface area (Å²) in [6, 6.07) is 13.1. The van der Waals surface area contributed by atoms with Crippen LogP contribution in [0.4, 0.5) is 27.5 Å². The van der Waals surface area contributed by atoms with Crippen LogP contribution < -0.4 is 20.1 Å². The van der Waals surface area contributed by atoms with E-state index in [4.69, 9.17) is 0 Å². The van der Waals surface area contributed by atoms with Gasteiger partial charge >= 0.3 is 6.03 Å². The molecule has 0 unspecified atom stereocenters. The zero-order valence-electron chi connectivity index (χ0n) is 42.2. The molecule has 4 amide bonds. The van der Waals surface area contributed by atoms with Crippen LogP contribution in [-0.2, 0) is 80.8 Å². The Morgan fingerprint density at radius 2 is 0.756 bits per heavy atom. The van der Waals surface area contributed by atoms with E-state index in [1.54, 1.807) is 0 Å². The summed E-state index contributed by atoms with van der Waals surface area (Å²) in [5, 5.41) is 1.09. The Labute approximate surface area is 486 Å². The van der Waals surface area contributed by atoms with Crippen LogP contribution in [-0.4, -0.2) is 124 Å². The summed E-state index contributed by atoms with van der Waals surface area (Å²) in [5.41, 5.74) is -2.19. The second kappa shape index (κ2) is 22.9. The quantitative estimate of drug-likeness (QED) is 0.0579. The van der Waals surface area contributed by atoms with E-state index in [0.29, 0.717) is 36.4 Å². The van der Waals surface area contributed by atoms with Crippen molar-refractivity contribution in [3.05, 3.63) is 154 Å². The summed E-state index contributed by atoms with van der Waals surface area (Å²) < 4.78 is 265. The van der Waals surface area contributed by atoms with Crippen LogP contribution in [0.3, 0.4) is 0 Å². The summed E-state index contributed by atoms with van der Waals surface area (Å²) in [5.74, 6) is -1.93. The second-order valence-corrected chi connectivity index (χ2v) is 29.6. The molecule has 2 aliphatic rings. The lowest BCUT2D eigenvalue weighted by atomic mass is 10.1. The number of nitrogens with one attached hydrogen (secondary N) is 4. The van der Waals surface area contributed by atoms with Gasteiger partial charge in [0.05, 0.1) is 31.0 Å². The number of benzene rings is 6. The fourth-order valence-electron chi connectivity index (χ4n) is 8.29. The van der Waals surface area contributed by atoms with Gasteiger partial charge < -0.3 is 10.6 Å². The van der Waals surface area contributed by atoms with E-state index in [-0.39, 0.29) is 58.9 Å².